The molecular formula is C30H30N4O2. The third-order valence-electron chi connectivity index (χ3n) is 5.91. The number of likely N-dealkylation sites (N-methyl/N-ethyl adjacent to an activating group) is 2. The predicted octanol–water partition coefficient (Wildman–Crippen LogP) is 4.63. The van der Waals surface area contributed by atoms with Gasteiger partial charge in [-0.2, -0.15) is 10.5 Å². The molecular weight excluding hydrogens is 448 g/mol. The molecule has 0 aliphatic heterocycles. The summed E-state index contributed by atoms with van der Waals surface area (Å²) >= 11 is 0. The van der Waals surface area contributed by atoms with Crippen molar-refractivity contribution in [1.82, 2.24) is 0 Å². The molecule has 3 aromatic rings. The van der Waals surface area contributed by atoms with Crippen molar-refractivity contribution in [2.45, 2.75) is 0 Å². The Morgan fingerprint density at radius 3 is 1.31 bits per heavy atom. The first kappa shape index (κ1) is 26.2. The molecule has 0 aliphatic rings. The van der Waals surface area contributed by atoms with E-state index in [2.05, 4.69) is 12.1 Å². The number of hydrogen-bond donors (Lipinski definition) is 2. The Labute approximate surface area is 212 Å². The van der Waals surface area contributed by atoms with Crippen LogP contribution < -0.4 is 9.80 Å². The van der Waals surface area contributed by atoms with Crippen LogP contribution in [0.4, 0.5) is 11.4 Å². The van der Waals surface area contributed by atoms with Crippen molar-refractivity contribution in [3.63, 3.8) is 0 Å². The molecule has 0 saturated heterocycles. The predicted molar refractivity (Wildman–Crippen MR) is 147 cm³/mol. The number of hydrogen-bond acceptors (Lipinski definition) is 6. The van der Waals surface area contributed by atoms with Crippen LogP contribution in [0.5, 0.6) is 0 Å². The lowest BCUT2D eigenvalue weighted by atomic mass is 9.97. The molecule has 0 bridgehead atoms. The lowest BCUT2D eigenvalue weighted by molar-refractivity contribution is 0.304. The highest BCUT2D eigenvalue weighted by Gasteiger charge is 2.07. The van der Waals surface area contributed by atoms with Crippen LogP contribution in [0, 0.1) is 22.7 Å². The highest BCUT2D eigenvalue weighted by Crippen LogP contribution is 2.22. The van der Waals surface area contributed by atoms with Crippen molar-refractivity contribution < 1.29 is 10.2 Å². The molecule has 0 aromatic heterocycles. The lowest BCUT2D eigenvalue weighted by Gasteiger charge is -2.17. The molecule has 0 fully saturated rings. The maximum absolute atomic E-state index is 9.72. The number of aliphatic hydroxyl groups is 2. The van der Waals surface area contributed by atoms with E-state index in [9.17, 15) is 10.5 Å². The van der Waals surface area contributed by atoms with Crippen molar-refractivity contribution in [2.75, 3.05) is 50.2 Å². The molecule has 182 valence electrons. The van der Waals surface area contributed by atoms with Crippen LogP contribution in [-0.2, 0) is 0 Å². The molecule has 3 aromatic carbocycles. The quantitative estimate of drug-likeness (QED) is 0.413. The molecule has 0 unspecified atom stereocenters. The second kappa shape index (κ2) is 12.9. The van der Waals surface area contributed by atoms with E-state index >= 15 is 0 Å². The molecule has 0 saturated carbocycles. The number of nitrogens with zero attached hydrogens (tertiary/aromatic N) is 4. The highest BCUT2D eigenvalue weighted by atomic mass is 16.3. The number of benzene rings is 3. The third-order valence-corrected chi connectivity index (χ3v) is 5.91. The van der Waals surface area contributed by atoms with Gasteiger partial charge in [-0.3, -0.25) is 0 Å². The van der Waals surface area contributed by atoms with E-state index in [-0.39, 0.29) is 13.2 Å². The Bertz CT molecular complexity index is 1190. The first-order chi connectivity index (χ1) is 17.5. The molecule has 0 atom stereocenters. The average Bonchev–Trinajstić information content (AvgIpc) is 2.91. The van der Waals surface area contributed by atoms with Crippen molar-refractivity contribution in [3.05, 3.63) is 94.0 Å². The zero-order valence-corrected chi connectivity index (χ0v) is 20.6. The van der Waals surface area contributed by atoms with E-state index in [0.717, 1.165) is 22.5 Å². The van der Waals surface area contributed by atoms with Gasteiger partial charge in [0, 0.05) is 38.6 Å². The van der Waals surface area contributed by atoms with E-state index < -0.39 is 0 Å². The molecule has 0 radical (unpaired) electrons. The Balaban J connectivity index is 1.80. The average molecular weight is 479 g/mol. The lowest BCUT2D eigenvalue weighted by Crippen LogP contribution is -2.20. The summed E-state index contributed by atoms with van der Waals surface area (Å²) in [7, 11) is 3.85. The summed E-state index contributed by atoms with van der Waals surface area (Å²) in [5.74, 6) is 0. The Morgan fingerprint density at radius 1 is 0.639 bits per heavy atom. The van der Waals surface area contributed by atoms with Crippen LogP contribution in [0.1, 0.15) is 33.4 Å². The summed E-state index contributed by atoms with van der Waals surface area (Å²) in [5, 5.41) is 37.6. The molecule has 6 nitrogen and oxygen atoms in total. The van der Waals surface area contributed by atoms with E-state index in [1.165, 1.54) is 0 Å². The molecule has 0 heterocycles. The van der Waals surface area contributed by atoms with Crippen molar-refractivity contribution in [3.8, 4) is 12.1 Å². The standard InChI is InChI=1S/C30H30N4O2/c1-33(15-17-35)29-11-5-23(6-12-29)3-9-25-19-28(22-32)26(20-27(25)21-31)10-4-24-7-13-30(14-8-24)34(2)16-18-36/h3-14,19-20,35-36H,15-18H2,1-2H3. The molecule has 0 amide bonds. The molecule has 0 spiro atoms. The first-order valence-corrected chi connectivity index (χ1v) is 11.7. The van der Waals surface area contributed by atoms with Gasteiger partial charge in [0.05, 0.1) is 36.5 Å². The summed E-state index contributed by atoms with van der Waals surface area (Å²) < 4.78 is 0. The summed E-state index contributed by atoms with van der Waals surface area (Å²) in [4.78, 5) is 3.94. The molecule has 0 aliphatic carbocycles. The second-order valence-corrected chi connectivity index (χ2v) is 8.39. The van der Waals surface area contributed by atoms with Crippen LogP contribution in [0.2, 0.25) is 0 Å². The first-order valence-electron chi connectivity index (χ1n) is 11.7. The normalized spacial score (nSPS) is 10.9. The fourth-order valence-corrected chi connectivity index (χ4v) is 3.71. The SMILES string of the molecule is CN(CCO)c1ccc(C=Cc2cc(C#N)c(C=Cc3ccc(N(C)CCO)cc3)cc2C#N)cc1. The van der Waals surface area contributed by atoms with Crippen LogP contribution in [0.15, 0.2) is 60.7 Å². The zero-order chi connectivity index (χ0) is 25.9. The van der Waals surface area contributed by atoms with E-state index in [1.54, 1.807) is 12.1 Å². The van der Waals surface area contributed by atoms with Gasteiger partial charge in [0.1, 0.15) is 0 Å². The van der Waals surface area contributed by atoms with E-state index in [4.69, 9.17) is 10.2 Å². The summed E-state index contributed by atoms with van der Waals surface area (Å²) in [6, 6.07) is 23.8. The van der Waals surface area contributed by atoms with Gasteiger partial charge in [-0.05, 0) is 58.7 Å². The van der Waals surface area contributed by atoms with Gasteiger partial charge in [0.15, 0.2) is 0 Å². The van der Waals surface area contributed by atoms with E-state index in [1.807, 2.05) is 96.7 Å². The fourth-order valence-electron chi connectivity index (χ4n) is 3.71. The van der Waals surface area contributed by atoms with Gasteiger partial charge >= 0.3 is 0 Å². The van der Waals surface area contributed by atoms with Gasteiger partial charge in [-0.25, -0.2) is 0 Å². The topological polar surface area (TPSA) is 94.5 Å². The molecule has 36 heavy (non-hydrogen) atoms. The fraction of sp³-hybridized carbons (Fsp3) is 0.200. The van der Waals surface area contributed by atoms with Gasteiger partial charge in [-0.1, -0.05) is 48.6 Å². The summed E-state index contributed by atoms with van der Waals surface area (Å²) in [6.45, 7) is 1.31. The Kier molecular flexibility index (Phi) is 9.42. The second-order valence-electron chi connectivity index (χ2n) is 8.39. The maximum atomic E-state index is 9.72. The third kappa shape index (κ3) is 6.84. The van der Waals surface area contributed by atoms with Crippen LogP contribution in [-0.4, -0.2) is 50.6 Å². The number of nitriles is 2. The van der Waals surface area contributed by atoms with Crippen molar-refractivity contribution in [1.29, 1.82) is 10.5 Å². The largest absolute Gasteiger partial charge is 0.395 e. The van der Waals surface area contributed by atoms with Gasteiger partial charge in [-0.15, -0.1) is 0 Å². The smallest absolute Gasteiger partial charge is 0.0998 e. The highest BCUT2D eigenvalue weighted by molar-refractivity contribution is 5.79. The van der Waals surface area contributed by atoms with Gasteiger partial charge < -0.3 is 20.0 Å². The number of rotatable bonds is 10. The molecule has 3 rings (SSSR count). The maximum Gasteiger partial charge on any atom is 0.0998 e. The molecule has 2 N–H and O–H groups in total. The molecule has 6 heteroatoms. The minimum atomic E-state index is 0.0941. The monoisotopic (exact) mass is 478 g/mol. The van der Waals surface area contributed by atoms with Crippen LogP contribution >= 0.6 is 0 Å². The van der Waals surface area contributed by atoms with Gasteiger partial charge in [0.2, 0.25) is 0 Å². The minimum Gasteiger partial charge on any atom is -0.395 e. The number of anilines is 2. The zero-order valence-electron chi connectivity index (χ0n) is 20.6. The van der Waals surface area contributed by atoms with Crippen LogP contribution in [0.25, 0.3) is 24.3 Å². The summed E-state index contributed by atoms with van der Waals surface area (Å²) in [5.41, 5.74) is 6.30. The van der Waals surface area contributed by atoms with Crippen molar-refractivity contribution in [2.24, 2.45) is 0 Å². The van der Waals surface area contributed by atoms with E-state index in [0.29, 0.717) is 35.3 Å². The van der Waals surface area contributed by atoms with Crippen LogP contribution in [0.3, 0.4) is 0 Å². The Morgan fingerprint density at radius 2 is 1.00 bits per heavy atom. The Hall–Kier alpha value is -4.36. The van der Waals surface area contributed by atoms with Crippen molar-refractivity contribution >= 4 is 35.7 Å². The van der Waals surface area contributed by atoms with Gasteiger partial charge in [0.25, 0.3) is 0 Å². The minimum absolute atomic E-state index is 0.0941. The number of aliphatic hydroxyl groups excluding tert-OH is 2. The summed E-state index contributed by atoms with van der Waals surface area (Å²) in [6.07, 6.45) is 7.53.